The van der Waals surface area contributed by atoms with Crippen LogP contribution in [0.15, 0.2) is 17.7 Å². The number of benzene rings is 1. The van der Waals surface area contributed by atoms with Gasteiger partial charge in [-0.25, -0.2) is 4.79 Å². The molecule has 0 aliphatic rings. The summed E-state index contributed by atoms with van der Waals surface area (Å²) in [5, 5.41) is 9.07. The van der Waals surface area contributed by atoms with Crippen LogP contribution in [0.2, 0.25) is 0 Å². The molecule has 0 amide bonds. The quantitative estimate of drug-likeness (QED) is 0.295. The number of hydrogen-bond donors (Lipinski definition) is 0. The smallest absolute Gasteiger partial charge is 0.348 e. The number of methoxy groups -OCH3 is 1. The molecule has 0 atom stereocenters. The first-order valence-corrected chi connectivity index (χ1v) is 7.94. The third-order valence-electron chi connectivity index (χ3n) is 2.63. The second-order valence-electron chi connectivity index (χ2n) is 4.27. The topological polar surface area (TPSA) is 68.5 Å². The Kier molecular flexibility index (Phi) is 7.74. The first kappa shape index (κ1) is 18.3. The lowest BCUT2D eigenvalue weighted by Crippen LogP contribution is -2.06. The van der Waals surface area contributed by atoms with Crippen LogP contribution in [0.4, 0.5) is 0 Å². The molecule has 0 unspecified atom stereocenters. The van der Waals surface area contributed by atoms with E-state index >= 15 is 0 Å². The van der Waals surface area contributed by atoms with Crippen molar-refractivity contribution in [3.8, 4) is 17.6 Å². The summed E-state index contributed by atoms with van der Waals surface area (Å²) in [6.45, 7) is 4.53. The molecule has 0 heterocycles. The summed E-state index contributed by atoms with van der Waals surface area (Å²) >= 11 is 2.13. The Balaban J connectivity index is 3.18. The second kappa shape index (κ2) is 9.30. The fourth-order valence-corrected chi connectivity index (χ4v) is 2.46. The lowest BCUT2D eigenvalue weighted by atomic mass is 10.1. The van der Waals surface area contributed by atoms with Crippen molar-refractivity contribution in [3.05, 3.63) is 26.8 Å². The van der Waals surface area contributed by atoms with Gasteiger partial charge in [0.05, 0.1) is 23.9 Å². The summed E-state index contributed by atoms with van der Waals surface area (Å²) in [6, 6.07) is 5.40. The lowest BCUT2D eigenvalue weighted by Gasteiger charge is -2.13. The van der Waals surface area contributed by atoms with Crippen molar-refractivity contribution >= 4 is 34.6 Å². The van der Waals surface area contributed by atoms with Crippen molar-refractivity contribution in [1.29, 1.82) is 5.26 Å². The molecule has 1 aromatic rings. The number of halogens is 1. The van der Waals surface area contributed by atoms with Gasteiger partial charge in [0.2, 0.25) is 0 Å². The van der Waals surface area contributed by atoms with Crippen molar-refractivity contribution < 1.29 is 19.0 Å². The van der Waals surface area contributed by atoms with Crippen molar-refractivity contribution in [3.63, 3.8) is 0 Å². The molecule has 118 valence electrons. The Morgan fingerprint density at radius 2 is 2.14 bits per heavy atom. The largest absolute Gasteiger partial charge is 0.493 e. The van der Waals surface area contributed by atoms with Gasteiger partial charge in [-0.3, -0.25) is 0 Å². The van der Waals surface area contributed by atoms with E-state index in [4.69, 9.17) is 19.5 Å². The maximum absolute atomic E-state index is 11.7. The van der Waals surface area contributed by atoms with Crippen LogP contribution < -0.4 is 9.47 Å². The van der Waals surface area contributed by atoms with E-state index in [9.17, 15) is 4.79 Å². The molecule has 22 heavy (non-hydrogen) atoms. The average Bonchev–Trinajstić information content (AvgIpc) is 2.51. The zero-order valence-electron chi connectivity index (χ0n) is 12.8. The molecule has 0 saturated heterocycles. The number of nitrogens with zero attached hydrogens (tertiary/aromatic N) is 1. The minimum Gasteiger partial charge on any atom is -0.493 e. The van der Waals surface area contributed by atoms with E-state index < -0.39 is 5.97 Å². The Morgan fingerprint density at radius 3 is 2.68 bits per heavy atom. The van der Waals surface area contributed by atoms with Gasteiger partial charge in [-0.2, -0.15) is 5.26 Å². The highest BCUT2D eigenvalue weighted by molar-refractivity contribution is 14.1. The van der Waals surface area contributed by atoms with E-state index in [1.165, 1.54) is 6.08 Å². The Hall–Kier alpha value is -1.75. The minimum absolute atomic E-state index is 0.0538. The third kappa shape index (κ3) is 4.91. The van der Waals surface area contributed by atoms with Crippen molar-refractivity contribution in [2.75, 3.05) is 20.3 Å². The molecule has 6 heteroatoms. The maximum Gasteiger partial charge on any atom is 0.348 e. The monoisotopic (exact) mass is 415 g/mol. The zero-order valence-corrected chi connectivity index (χ0v) is 15.0. The zero-order chi connectivity index (χ0) is 16.5. The van der Waals surface area contributed by atoms with Gasteiger partial charge < -0.3 is 14.2 Å². The van der Waals surface area contributed by atoms with Gasteiger partial charge in [0, 0.05) is 0 Å². The van der Waals surface area contributed by atoms with Crippen LogP contribution in [0.5, 0.6) is 11.5 Å². The van der Waals surface area contributed by atoms with Crippen molar-refractivity contribution in [2.24, 2.45) is 0 Å². The highest BCUT2D eigenvalue weighted by Gasteiger charge is 2.14. The summed E-state index contributed by atoms with van der Waals surface area (Å²) in [6.07, 6.45) is 2.37. The molecular formula is C16H18INO4. The molecule has 0 fully saturated rings. The predicted molar refractivity (Wildman–Crippen MR) is 91.7 cm³/mol. The van der Waals surface area contributed by atoms with E-state index in [2.05, 4.69) is 22.6 Å². The van der Waals surface area contributed by atoms with E-state index in [1.807, 2.05) is 19.1 Å². The van der Waals surface area contributed by atoms with Gasteiger partial charge in [-0.1, -0.05) is 6.92 Å². The molecule has 0 aromatic heterocycles. The summed E-state index contributed by atoms with van der Waals surface area (Å²) in [5.41, 5.74) is 0.622. The first-order valence-electron chi connectivity index (χ1n) is 6.86. The number of hydrogen-bond acceptors (Lipinski definition) is 5. The van der Waals surface area contributed by atoms with Crippen LogP contribution in [0.1, 0.15) is 25.8 Å². The van der Waals surface area contributed by atoms with E-state index in [-0.39, 0.29) is 12.2 Å². The van der Waals surface area contributed by atoms with E-state index in [1.54, 1.807) is 20.1 Å². The number of ether oxygens (including phenoxy) is 3. The third-order valence-corrected chi connectivity index (χ3v) is 3.43. The van der Waals surface area contributed by atoms with Gasteiger partial charge in [-0.15, -0.1) is 0 Å². The van der Waals surface area contributed by atoms with Crippen LogP contribution in [-0.4, -0.2) is 26.3 Å². The summed E-state index contributed by atoms with van der Waals surface area (Å²) in [4.78, 5) is 11.7. The fraction of sp³-hybridized carbons (Fsp3) is 0.375. The SMILES string of the molecule is CCCOc1c(I)cc(/C=C(\C#N)C(=O)OCC)cc1OC. The molecule has 5 nitrogen and oxygen atoms in total. The molecule has 0 radical (unpaired) electrons. The Labute approximate surface area is 144 Å². The van der Waals surface area contributed by atoms with Crippen LogP contribution in [0.3, 0.4) is 0 Å². The van der Waals surface area contributed by atoms with Gasteiger partial charge in [0.25, 0.3) is 0 Å². The van der Waals surface area contributed by atoms with Gasteiger partial charge >= 0.3 is 5.97 Å². The normalized spacial score (nSPS) is 10.8. The highest BCUT2D eigenvalue weighted by Crippen LogP contribution is 2.34. The molecule has 1 rings (SSSR count). The average molecular weight is 415 g/mol. The highest BCUT2D eigenvalue weighted by atomic mass is 127. The Morgan fingerprint density at radius 1 is 1.41 bits per heavy atom. The fourth-order valence-electron chi connectivity index (χ4n) is 1.68. The maximum atomic E-state index is 11.7. The Bertz CT molecular complexity index is 605. The van der Waals surface area contributed by atoms with E-state index in [0.717, 1.165) is 9.99 Å². The number of nitriles is 1. The van der Waals surface area contributed by atoms with Gasteiger partial charge in [-0.05, 0) is 59.7 Å². The van der Waals surface area contributed by atoms with Crippen molar-refractivity contribution in [2.45, 2.75) is 20.3 Å². The number of esters is 1. The molecule has 0 bridgehead atoms. The van der Waals surface area contributed by atoms with Gasteiger partial charge in [0.1, 0.15) is 11.6 Å². The molecule has 1 aromatic carbocycles. The lowest BCUT2D eigenvalue weighted by molar-refractivity contribution is -0.137. The molecule has 0 aliphatic carbocycles. The van der Waals surface area contributed by atoms with Crippen LogP contribution >= 0.6 is 22.6 Å². The second-order valence-corrected chi connectivity index (χ2v) is 5.44. The molecule has 0 aliphatic heterocycles. The molecule has 0 spiro atoms. The predicted octanol–water partition coefficient (Wildman–Crippen LogP) is 3.56. The molecule has 0 N–H and O–H groups in total. The standard InChI is InChI=1S/C16H18INO4/c1-4-6-22-15-13(17)8-11(9-14(15)20-3)7-12(10-18)16(19)21-5-2/h7-9H,4-6H2,1-3H3/b12-7+. The minimum atomic E-state index is -0.634. The number of carbonyl (C=O) groups excluding carboxylic acids is 1. The van der Waals surface area contributed by atoms with Crippen LogP contribution in [0.25, 0.3) is 6.08 Å². The van der Waals surface area contributed by atoms with Gasteiger partial charge in [0.15, 0.2) is 11.5 Å². The van der Waals surface area contributed by atoms with Crippen LogP contribution in [-0.2, 0) is 9.53 Å². The number of carbonyl (C=O) groups is 1. The van der Waals surface area contributed by atoms with Crippen LogP contribution in [0, 0.1) is 14.9 Å². The molecule has 0 saturated carbocycles. The first-order chi connectivity index (χ1) is 10.6. The summed E-state index contributed by atoms with van der Waals surface area (Å²) in [7, 11) is 1.55. The number of rotatable bonds is 7. The van der Waals surface area contributed by atoms with E-state index in [0.29, 0.717) is 23.7 Å². The van der Waals surface area contributed by atoms with Crippen molar-refractivity contribution in [1.82, 2.24) is 0 Å². The summed E-state index contributed by atoms with van der Waals surface area (Å²) in [5.74, 6) is 0.592. The molecular weight excluding hydrogens is 397 g/mol. The summed E-state index contributed by atoms with van der Waals surface area (Å²) < 4.78 is 16.7.